The molecule has 1 fully saturated rings. The number of piperidine rings is 1. The predicted octanol–water partition coefficient (Wildman–Crippen LogP) is -0.893. The van der Waals surface area contributed by atoms with Gasteiger partial charge < -0.3 is 11.1 Å². The molecule has 3 amide bonds. The molecule has 2 heterocycles. The minimum absolute atomic E-state index is 0.0611. The molecule has 0 spiro atoms. The normalized spacial score (nSPS) is 18.0. The fraction of sp³-hybridized carbons (Fsp3) is 0.273. The molecular formula is C11H11N5O5. The van der Waals surface area contributed by atoms with Crippen molar-refractivity contribution in [3.8, 4) is 0 Å². The standard InChI is InChI=1S/C11H11N5O5/c12-8-3-5(7(4-13-8)16(20)21)10(18)14-6-1-2-9(17)15-11(6)19/h3-4,6H,1-2H2,(H2,12,13)(H,14,18)(H,15,17,19). The number of nitrogen functional groups attached to an aromatic ring is 1. The van der Waals surface area contributed by atoms with E-state index < -0.39 is 34.4 Å². The summed E-state index contributed by atoms with van der Waals surface area (Å²) in [7, 11) is 0. The van der Waals surface area contributed by atoms with Crippen LogP contribution in [0, 0.1) is 10.1 Å². The first kappa shape index (κ1) is 14.4. The monoisotopic (exact) mass is 293 g/mol. The highest BCUT2D eigenvalue weighted by Gasteiger charge is 2.30. The van der Waals surface area contributed by atoms with Crippen molar-refractivity contribution in [1.29, 1.82) is 0 Å². The molecule has 1 aromatic rings. The second-order valence-electron chi connectivity index (χ2n) is 4.36. The topological polar surface area (TPSA) is 157 Å². The van der Waals surface area contributed by atoms with Crippen molar-refractivity contribution >= 4 is 29.2 Å². The lowest BCUT2D eigenvalue weighted by Crippen LogP contribution is -2.52. The molecule has 21 heavy (non-hydrogen) atoms. The summed E-state index contributed by atoms with van der Waals surface area (Å²) in [6.45, 7) is 0. The van der Waals surface area contributed by atoms with Crippen LogP contribution < -0.4 is 16.4 Å². The second-order valence-corrected chi connectivity index (χ2v) is 4.36. The van der Waals surface area contributed by atoms with Crippen LogP contribution in [0.1, 0.15) is 23.2 Å². The van der Waals surface area contributed by atoms with Gasteiger partial charge in [-0.05, 0) is 12.5 Å². The predicted molar refractivity (Wildman–Crippen MR) is 68.9 cm³/mol. The number of nitrogens with zero attached hydrogens (tertiary/aromatic N) is 2. The number of nitrogens with two attached hydrogens (primary N) is 1. The second kappa shape index (κ2) is 5.53. The number of nitro groups is 1. The fourth-order valence-corrected chi connectivity index (χ4v) is 1.86. The van der Waals surface area contributed by atoms with Crippen LogP contribution in [0.5, 0.6) is 0 Å². The van der Waals surface area contributed by atoms with E-state index in [9.17, 15) is 24.5 Å². The Morgan fingerprint density at radius 1 is 1.52 bits per heavy atom. The summed E-state index contributed by atoms with van der Waals surface area (Å²) in [4.78, 5) is 48.2. The molecule has 0 saturated carbocycles. The molecule has 0 radical (unpaired) electrons. The number of aromatic nitrogens is 1. The molecular weight excluding hydrogens is 282 g/mol. The maximum Gasteiger partial charge on any atom is 0.300 e. The fourth-order valence-electron chi connectivity index (χ4n) is 1.86. The maximum atomic E-state index is 12.1. The Labute approximate surface area is 117 Å². The summed E-state index contributed by atoms with van der Waals surface area (Å²) >= 11 is 0. The van der Waals surface area contributed by atoms with Crippen molar-refractivity contribution < 1.29 is 19.3 Å². The number of hydrogen-bond donors (Lipinski definition) is 3. The molecule has 110 valence electrons. The van der Waals surface area contributed by atoms with Gasteiger partial charge in [0, 0.05) is 6.42 Å². The third kappa shape index (κ3) is 3.11. The van der Waals surface area contributed by atoms with Gasteiger partial charge in [0.05, 0.1) is 4.92 Å². The summed E-state index contributed by atoms with van der Waals surface area (Å²) in [5, 5.41) is 15.3. The Morgan fingerprint density at radius 3 is 2.86 bits per heavy atom. The number of pyridine rings is 1. The highest BCUT2D eigenvalue weighted by Crippen LogP contribution is 2.19. The van der Waals surface area contributed by atoms with E-state index in [4.69, 9.17) is 5.73 Å². The Bertz CT molecular complexity index is 644. The van der Waals surface area contributed by atoms with Gasteiger partial charge in [0.2, 0.25) is 11.8 Å². The number of carbonyl (C=O) groups is 3. The van der Waals surface area contributed by atoms with Gasteiger partial charge in [-0.15, -0.1) is 0 Å². The zero-order valence-corrected chi connectivity index (χ0v) is 10.7. The van der Waals surface area contributed by atoms with Crippen LogP contribution in [-0.4, -0.2) is 33.7 Å². The molecule has 1 atom stereocenters. The molecule has 10 heteroatoms. The van der Waals surface area contributed by atoms with E-state index in [1.54, 1.807) is 0 Å². The SMILES string of the molecule is Nc1cc(C(=O)NC2CCC(=O)NC2=O)c([N+](=O)[O-])cn1. The van der Waals surface area contributed by atoms with Crippen LogP contribution in [-0.2, 0) is 9.59 Å². The first-order chi connectivity index (χ1) is 9.88. The van der Waals surface area contributed by atoms with E-state index in [1.165, 1.54) is 0 Å². The molecule has 0 aromatic carbocycles. The largest absolute Gasteiger partial charge is 0.384 e. The Morgan fingerprint density at radius 2 is 2.24 bits per heavy atom. The molecule has 10 nitrogen and oxygen atoms in total. The summed E-state index contributed by atoms with van der Waals surface area (Å²) < 4.78 is 0. The van der Waals surface area contributed by atoms with Gasteiger partial charge in [-0.2, -0.15) is 0 Å². The summed E-state index contributed by atoms with van der Waals surface area (Å²) in [6.07, 6.45) is 1.08. The van der Waals surface area contributed by atoms with E-state index >= 15 is 0 Å². The Balaban J connectivity index is 2.21. The molecule has 0 bridgehead atoms. The molecule has 4 N–H and O–H groups in total. The summed E-state index contributed by atoms with van der Waals surface area (Å²) in [6, 6.07) is 0.128. The van der Waals surface area contributed by atoms with Gasteiger partial charge in [0.25, 0.3) is 11.6 Å². The van der Waals surface area contributed by atoms with E-state index in [2.05, 4.69) is 15.6 Å². The third-order valence-corrected chi connectivity index (χ3v) is 2.89. The van der Waals surface area contributed by atoms with Crippen LogP contribution in [0.25, 0.3) is 0 Å². The van der Waals surface area contributed by atoms with E-state index in [0.29, 0.717) is 0 Å². The van der Waals surface area contributed by atoms with Crippen LogP contribution in [0.15, 0.2) is 12.3 Å². The van der Waals surface area contributed by atoms with Crippen LogP contribution in [0.4, 0.5) is 11.5 Å². The minimum Gasteiger partial charge on any atom is -0.384 e. The molecule has 1 saturated heterocycles. The van der Waals surface area contributed by atoms with Crippen molar-refractivity contribution in [2.75, 3.05) is 5.73 Å². The van der Waals surface area contributed by atoms with E-state index in [-0.39, 0.29) is 24.2 Å². The van der Waals surface area contributed by atoms with Gasteiger partial charge in [0.1, 0.15) is 23.6 Å². The van der Waals surface area contributed by atoms with Crippen LogP contribution >= 0.6 is 0 Å². The lowest BCUT2D eigenvalue weighted by molar-refractivity contribution is -0.385. The molecule has 1 aromatic heterocycles. The van der Waals surface area contributed by atoms with Crippen molar-refractivity contribution in [2.24, 2.45) is 0 Å². The zero-order valence-electron chi connectivity index (χ0n) is 10.7. The van der Waals surface area contributed by atoms with Gasteiger partial charge >= 0.3 is 0 Å². The van der Waals surface area contributed by atoms with Gasteiger partial charge in [-0.3, -0.25) is 29.8 Å². The Kier molecular flexibility index (Phi) is 3.78. The van der Waals surface area contributed by atoms with Crippen molar-refractivity contribution in [1.82, 2.24) is 15.6 Å². The molecule has 1 unspecified atom stereocenters. The lowest BCUT2D eigenvalue weighted by Gasteiger charge is -2.21. The average Bonchev–Trinajstić information content (AvgIpc) is 2.41. The van der Waals surface area contributed by atoms with Gasteiger partial charge in [-0.25, -0.2) is 4.98 Å². The number of imide groups is 1. The van der Waals surface area contributed by atoms with E-state index in [0.717, 1.165) is 12.3 Å². The van der Waals surface area contributed by atoms with Crippen LogP contribution in [0.3, 0.4) is 0 Å². The first-order valence-electron chi connectivity index (χ1n) is 5.93. The zero-order chi connectivity index (χ0) is 15.6. The summed E-state index contributed by atoms with van der Waals surface area (Å²) in [5.41, 5.74) is 4.59. The average molecular weight is 293 g/mol. The third-order valence-electron chi connectivity index (χ3n) is 2.89. The highest BCUT2D eigenvalue weighted by molar-refractivity contribution is 6.05. The van der Waals surface area contributed by atoms with Gasteiger partial charge in [-0.1, -0.05) is 0 Å². The number of amides is 3. The number of carbonyl (C=O) groups excluding carboxylic acids is 3. The number of hydrogen-bond acceptors (Lipinski definition) is 7. The van der Waals surface area contributed by atoms with Crippen LogP contribution in [0.2, 0.25) is 0 Å². The first-order valence-corrected chi connectivity index (χ1v) is 5.93. The molecule has 0 aliphatic carbocycles. The molecule has 2 rings (SSSR count). The maximum absolute atomic E-state index is 12.1. The lowest BCUT2D eigenvalue weighted by atomic mass is 10.1. The van der Waals surface area contributed by atoms with Crippen molar-refractivity contribution in [2.45, 2.75) is 18.9 Å². The number of anilines is 1. The number of nitrogens with one attached hydrogen (secondary N) is 2. The molecule has 1 aliphatic rings. The van der Waals surface area contributed by atoms with E-state index in [1.807, 2.05) is 0 Å². The van der Waals surface area contributed by atoms with Gasteiger partial charge in [0.15, 0.2) is 0 Å². The van der Waals surface area contributed by atoms with Crippen molar-refractivity contribution in [3.63, 3.8) is 0 Å². The van der Waals surface area contributed by atoms with Crippen molar-refractivity contribution in [3.05, 3.63) is 27.9 Å². The minimum atomic E-state index is -0.927. The molecule has 1 aliphatic heterocycles. The summed E-state index contributed by atoms with van der Waals surface area (Å²) in [5.74, 6) is -1.96. The number of rotatable bonds is 3. The Hall–Kier alpha value is -3.04. The quantitative estimate of drug-likeness (QED) is 0.370. The smallest absolute Gasteiger partial charge is 0.300 e. The highest BCUT2D eigenvalue weighted by atomic mass is 16.6.